The summed E-state index contributed by atoms with van der Waals surface area (Å²) in [5.41, 5.74) is 6.07. The Kier molecular flexibility index (Phi) is 4.69. The molecule has 2 rings (SSSR count). The number of anilines is 1. The summed E-state index contributed by atoms with van der Waals surface area (Å²) < 4.78 is 0. The molecular formula is C10H11N4NaO3. The van der Waals surface area contributed by atoms with Crippen LogP contribution in [0.2, 0.25) is 0 Å². The van der Waals surface area contributed by atoms with E-state index in [1.807, 2.05) is 0 Å². The van der Waals surface area contributed by atoms with Crippen LogP contribution in [0.4, 0.5) is 16.2 Å². The van der Waals surface area contributed by atoms with Crippen molar-refractivity contribution in [2.75, 3.05) is 18.5 Å². The minimum Gasteiger partial charge on any atom is -0.847 e. The minimum atomic E-state index is -0.958. The first-order valence-corrected chi connectivity index (χ1v) is 4.94. The first kappa shape index (κ1) is 14.9. The number of rotatable bonds is 1. The van der Waals surface area contributed by atoms with Crippen molar-refractivity contribution in [2.45, 2.75) is 6.10 Å². The number of likely N-dealkylation sites (N-methyl/N-ethyl adjacent to an activating group) is 1. The zero-order chi connectivity index (χ0) is 12.6. The van der Waals surface area contributed by atoms with E-state index in [9.17, 15) is 15.0 Å². The molecule has 2 amide bonds. The van der Waals surface area contributed by atoms with Crippen LogP contribution in [0.15, 0.2) is 22.4 Å². The Morgan fingerprint density at radius 1 is 1.61 bits per heavy atom. The molecule has 1 unspecified atom stereocenters. The minimum absolute atomic E-state index is 0. The third-order valence-electron chi connectivity index (χ3n) is 2.58. The van der Waals surface area contributed by atoms with Gasteiger partial charge in [0.2, 0.25) is 0 Å². The molecule has 8 heteroatoms. The fourth-order valence-electron chi connectivity index (χ4n) is 1.80. The number of carbonyl (C=O) groups is 1. The van der Waals surface area contributed by atoms with E-state index in [-0.39, 0.29) is 41.0 Å². The van der Waals surface area contributed by atoms with Crippen LogP contribution in [0.5, 0.6) is 5.75 Å². The molecule has 0 spiro atoms. The van der Waals surface area contributed by atoms with Crippen LogP contribution in [-0.2, 0) is 0 Å². The molecule has 0 radical (unpaired) electrons. The van der Waals surface area contributed by atoms with E-state index in [1.54, 1.807) is 11.9 Å². The van der Waals surface area contributed by atoms with Gasteiger partial charge in [-0.05, 0) is 11.6 Å². The second-order valence-electron chi connectivity index (χ2n) is 3.81. The first-order chi connectivity index (χ1) is 7.99. The van der Waals surface area contributed by atoms with Gasteiger partial charge in [0, 0.05) is 25.3 Å². The monoisotopic (exact) mass is 258 g/mol. The summed E-state index contributed by atoms with van der Waals surface area (Å²) in [5.74, 6) is -0.144. The number of aromatic hydroxyl groups is 1. The van der Waals surface area contributed by atoms with Crippen LogP contribution in [0.25, 0.3) is 0 Å². The first-order valence-electron chi connectivity index (χ1n) is 4.94. The number of primary amides is 1. The molecule has 1 heterocycles. The van der Waals surface area contributed by atoms with E-state index in [1.165, 1.54) is 12.1 Å². The van der Waals surface area contributed by atoms with Crippen molar-refractivity contribution < 1.29 is 44.6 Å². The summed E-state index contributed by atoms with van der Waals surface area (Å²) >= 11 is 0. The molecule has 0 fully saturated rings. The number of nitrogens with two attached hydrogens (primary N) is 1. The van der Waals surface area contributed by atoms with E-state index in [4.69, 9.17) is 5.73 Å². The van der Waals surface area contributed by atoms with Crippen LogP contribution in [-0.4, -0.2) is 24.7 Å². The van der Waals surface area contributed by atoms with Gasteiger partial charge in [0.15, 0.2) is 0 Å². The normalized spacial score (nSPS) is 17.7. The SMILES string of the molecule is CN1CC([O-])c2cc(N=NC(N)=O)c(O)cc21.[Na+]. The van der Waals surface area contributed by atoms with Crippen LogP contribution < -0.4 is 45.3 Å². The molecule has 7 nitrogen and oxygen atoms in total. The second kappa shape index (κ2) is 5.66. The molecule has 90 valence electrons. The molecular weight excluding hydrogens is 247 g/mol. The smallest absolute Gasteiger partial charge is 0.847 e. The zero-order valence-corrected chi connectivity index (χ0v) is 12.1. The molecule has 0 aliphatic carbocycles. The summed E-state index contributed by atoms with van der Waals surface area (Å²) in [6.45, 7) is 0.338. The Bertz CT molecular complexity index is 506. The van der Waals surface area contributed by atoms with Gasteiger partial charge in [-0.15, -0.1) is 5.11 Å². The van der Waals surface area contributed by atoms with Crippen molar-refractivity contribution >= 4 is 17.4 Å². The number of urea groups is 1. The number of hydrogen-bond donors (Lipinski definition) is 2. The maximum atomic E-state index is 11.7. The van der Waals surface area contributed by atoms with E-state index in [0.29, 0.717) is 17.8 Å². The molecule has 0 bridgehead atoms. The second-order valence-corrected chi connectivity index (χ2v) is 3.81. The molecule has 0 saturated carbocycles. The van der Waals surface area contributed by atoms with E-state index in [0.717, 1.165) is 0 Å². The number of amides is 2. The standard InChI is InChI=1S/C10H11N4O3.Na/c1-14-4-9(16)5-2-6(12-13-10(11)17)8(15)3-7(5)14;/h2-3,9,15H,4H2,1H3,(H2,11,17);/q-1;+1. The number of benzene rings is 1. The maximum absolute atomic E-state index is 11.7. The summed E-state index contributed by atoms with van der Waals surface area (Å²) in [6, 6.07) is 1.90. The number of carbonyl (C=O) groups excluding carboxylic acids is 1. The van der Waals surface area contributed by atoms with Gasteiger partial charge in [-0.2, -0.15) is 0 Å². The molecule has 1 aromatic carbocycles. The molecule has 1 aliphatic heterocycles. The summed E-state index contributed by atoms with van der Waals surface area (Å²) in [4.78, 5) is 12.2. The Labute approximate surface area is 126 Å². The van der Waals surface area contributed by atoms with Crippen LogP contribution >= 0.6 is 0 Å². The Balaban J connectivity index is 0.00000162. The number of nitrogens with zero attached hydrogens (tertiary/aromatic N) is 3. The molecule has 1 aromatic rings. The molecule has 18 heavy (non-hydrogen) atoms. The van der Waals surface area contributed by atoms with Crippen molar-refractivity contribution in [3.8, 4) is 5.75 Å². The predicted octanol–water partition coefficient (Wildman–Crippen LogP) is -2.59. The third kappa shape index (κ3) is 2.81. The van der Waals surface area contributed by atoms with Gasteiger partial charge in [0.05, 0.1) is 0 Å². The Hall–Kier alpha value is -1.15. The van der Waals surface area contributed by atoms with Gasteiger partial charge < -0.3 is 20.8 Å². The van der Waals surface area contributed by atoms with E-state index < -0.39 is 12.1 Å². The topological polar surface area (TPSA) is 114 Å². The summed E-state index contributed by atoms with van der Waals surface area (Å²) in [6.07, 6.45) is -0.891. The number of fused-ring (bicyclic) bond motifs is 1. The fraction of sp³-hybridized carbons (Fsp3) is 0.300. The quantitative estimate of drug-likeness (QED) is 0.425. The van der Waals surface area contributed by atoms with Gasteiger partial charge in [-0.1, -0.05) is 11.2 Å². The van der Waals surface area contributed by atoms with Crippen LogP contribution in [0, 0.1) is 0 Å². The average Bonchev–Trinajstić information content (AvgIpc) is 2.51. The van der Waals surface area contributed by atoms with E-state index >= 15 is 0 Å². The van der Waals surface area contributed by atoms with Crippen molar-refractivity contribution in [3.63, 3.8) is 0 Å². The molecule has 1 aliphatic rings. The zero-order valence-electron chi connectivity index (χ0n) is 10.1. The fourth-order valence-corrected chi connectivity index (χ4v) is 1.80. The van der Waals surface area contributed by atoms with Crippen LogP contribution in [0.3, 0.4) is 0 Å². The summed E-state index contributed by atoms with van der Waals surface area (Å²) in [7, 11) is 1.76. The van der Waals surface area contributed by atoms with Crippen molar-refractivity contribution in [2.24, 2.45) is 16.0 Å². The molecule has 0 aromatic heterocycles. The third-order valence-corrected chi connectivity index (χ3v) is 2.58. The van der Waals surface area contributed by atoms with Crippen molar-refractivity contribution in [1.29, 1.82) is 0 Å². The largest absolute Gasteiger partial charge is 1.00 e. The summed E-state index contributed by atoms with van der Waals surface area (Å²) in [5, 5.41) is 27.9. The maximum Gasteiger partial charge on any atom is 1.00 e. The van der Waals surface area contributed by atoms with Gasteiger partial charge in [-0.3, -0.25) is 0 Å². The van der Waals surface area contributed by atoms with Gasteiger partial charge in [0.25, 0.3) is 0 Å². The number of phenols is 1. The number of phenolic OH excluding ortho intramolecular Hbond substituents is 1. The van der Waals surface area contributed by atoms with Crippen LogP contribution in [0.1, 0.15) is 11.7 Å². The van der Waals surface area contributed by atoms with Crippen molar-refractivity contribution in [1.82, 2.24) is 0 Å². The molecule has 3 N–H and O–H groups in total. The average molecular weight is 258 g/mol. The van der Waals surface area contributed by atoms with Crippen molar-refractivity contribution in [3.05, 3.63) is 17.7 Å². The number of hydrogen-bond acceptors (Lipinski definition) is 5. The molecule has 1 atom stereocenters. The Morgan fingerprint density at radius 2 is 2.28 bits per heavy atom. The van der Waals surface area contributed by atoms with Gasteiger partial charge in [-0.25, -0.2) is 4.79 Å². The predicted molar refractivity (Wildman–Crippen MR) is 58.2 cm³/mol. The van der Waals surface area contributed by atoms with E-state index in [2.05, 4.69) is 10.2 Å². The number of azo groups is 1. The molecule has 0 saturated heterocycles. The Morgan fingerprint density at radius 3 is 2.89 bits per heavy atom. The van der Waals surface area contributed by atoms with Gasteiger partial charge in [0.1, 0.15) is 11.4 Å². The van der Waals surface area contributed by atoms with Gasteiger partial charge >= 0.3 is 35.6 Å².